The van der Waals surface area contributed by atoms with Crippen molar-refractivity contribution in [3.63, 3.8) is 0 Å². The zero-order valence-electron chi connectivity index (χ0n) is 14.0. The fourth-order valence-electron chi connectivity index (χ4n) is 3.12. The van der Waals surface area contributed by atoms with Gasteiger partial charge in [0.05, 0.1) is 19.1 Å². The molecular formula is C20H24N2O2. The molecule has 1 aliphatic rings. The van der Waals surface area contributed by atoms with Gasteiger partial charge in [0, 0.05) is 12.6 Å². The number of hydrogen-bond acceptors (Lipinski definition) is 3. The van der Waals surface area contributed by atoms with E-state index in [2.05, 4.69) is 0 Å². The zero-order valence-corrected chi connectivity index (χ0v) is 14.0. The second-order valence-corrected chi connectivity index (χ2v) is 6.28. The zero-order chi connectivity index (χ0) is 16.9. The van der Waals surface area contributed by atoms with Gasteiger partial charge in [-0.2, -0.15) is 0 Å². The van der Waals surface area contributed by atoms with E-state index in [1.54, 1.807) is 0 Å². The topological polar surface area (TPSA) is 55.6 Å². The molecule has 3 atom stereocenters. The highest BCUT2D eigenvalue weighted by molar-refractivity contribution is 5.79. The second kappa shape index (κ2) is 7.60. The molecule has 1 saturated heterocycles. The van der Waals surface area contributed by atoms with E-state index in [-0.39, 0.29) is 24.0 Å². The number of nitrogens with two attached hydrogens (primary N) is 1. The summed E-state index contributed by atoms with van der Waals surface area (Å²) in [6, 6.07) is 19.6. The van der Waals surface area contributed by atoms with Gasteiger partial charge in [0.15, 0.2) is 0 Å². The maximum Gasteiger partial charge on any atom is 0.227 e. The van der Waals surface area contributed by atoms with E-state index >= 15 is 0 Å². The number of carbonyl (C=O) groups is 1. The molecule has 0 aliphatic carbocycles. The van der Waals surface area contributed by atoms with Crippen molar-refractivity contribution < 1.29 is 9.53 Å². The molecule has 4 heteroatoms. The lowest BCUT2D eigenvalue weighted by Gasteiger charge is -2.35. The lowest BCUT2D eigenvalue weighted by Crippen LogP contribution is -2.46. The van der Waals surface area contributed by atoms with Gasteiger partial charge in [0.1, 0.15) is 6.10 Å². The van der Waals surface area contributed by atoms with Crippen LogP contribution in [-0.2, 0) is 9.53 Å². The van der Waals surface area contributed by atoms with Crippen molar-refractivity contribution in [3.8, 4) is 0 Å². The van der Waals surface area contributed by atoms with Crippen LogP contribution in [0.1, 0.15) is 30.2 Å². The smallest absolute Gasteiger partial charge is 0.227 e. The molecule has 0 aromatic heterocycles. The lowest BCUT2D eigenvalue weighted by molar-refractivity contribution is -0.143. The minimum absolute atomic E-state index is 0.0657. The van der Waals surface area contributed by atoms with Crippen LogP contribution < -0.4 is 5.73 Å². The summed E-state index contributed by atoms with van der Waals surface area (Å²) < 4.78 is 5.84. The highest BCUT2D eigenvalue weighted by atomic mass is 16.5. The normalized spacial score (nSPS) is 20.4. The first-order chi connectivity index (χ1) is 11.7. The molecular weight excluding hydrogens is 300 g/mol. The summed E-state index contributed by atoms with van der Waals surface area (Å²) in [7, 11) is 0. The Balaban J connectivity index is 1.68. The van der Waals surface area contributed by atoms with E-state index in [9.17, 15) is 4.79 Å². The average Bonchev–Trinajstić information content (AvgIpc) is 2.67. The predicted octanol–water partition coefficient (Wildman–Crippen LogP) is 2.92. The number of amides is 1. The Kier molecular flexibility index (Phi) is 5.28. The van der Waals surface area contributed by atoms with Gasteiger partial charge < -0.3 is 15.4 Å². The Morgan fingerprint density at radius 2 is 1.75 bits per heavy atom. The Hall–Kier alpha value is -2.17. The highest BCUT2D eigenvalue weighted by Gasteiger charge is 2.31. The molecule has 1 aliphatic heterocycles. The first-order valence-electron chi connectivity index (χ1n) is 8.42. The standard InChI is InChI=1S/C20H24N2O2/c1-15(19(21)17-10-6-3-7-11-17)20(23)22-12-13-24-18(14-22)16-8-4-2-5-9-16/h2-11,15,18-19H,12-14,21H2,1H3/t15-,18+,19+/m0/s1. The maximum absolute atomic E-state index is 12.9. The highest BCUT2D eigenvalue weighted by Crippen LogP contribution is 2.26. The van der Waals surface area contributed by atoms with E-state index < -0.39 is 0 Å². The van der Waals surface area contributed by atoms with Crippen LogP contribution in [0.4, 0.5) is 0 Å². The summed E-state index contributed by atoms with van der Waals surface area (Å²) in [5.41, 5.74) is 8.41. The number of morpholine rings is 1. The maximum atomic E-state index is 12.9. The number of hydrogen-bond donors (Lipinski definition) is 1. The summed E-state index contributed by atoms with van der Waals surface area (Å²) >= 11 is 0. The molecule has 1 fully saturated rings. The number of rotatable bonds is 4. The van der Waals surface area contributed by atoms with Crippen molar-refractivity contribution in [2.24, 2.45) is 11.7 Å². The molecule has 24 heavy (non-hydrogen) atoms. The number of nitrogens with zero attached hydrogens (tertiary/aromatic N) is 1. The van der Waals surface area contributed by atoms with E-state index in [1.165, 1.54) is 0 Å². The molecule has 2 aromatic rings. The van der Waals surface area contributed by atoms with Crippen molar-refractivity contribution in [2.45, 2.75) is 19.1 Å². The minimum atomic E-state index is -0.295. The van der Waals surface area contributed by atoms with Crippen molar-refractivity contribution in [1.82, 2.24) is 4.90 Å². The third kappa shape index (κ3) is 3.66. The molecule has 0 unspecified atom stereocenters. The van der Waals surface area contributed by atoms with Crippen molar-refractivity contribution in [1.29, 1.82) is 0 Å². The Bertz CT molecular complexity index is 660. The molecule has 0 radical (unpaired) electrons. The second-order valence-electron chi connectivity index (χ2n) is 6.28. The van der Waals surface area contributed by atoms with Gasteiger partial charge in [0.25, 0.3) is 0 Å². The monoisotopic (exact) mass is 324 g/mol. The molecule has 126 valence electrons. The quantitative estimate of drug-likeness (QED) is 0.941. The SMILES string of the molecule is C[C@H](C(=O)N1CCO[C@@H](c2ccccc2)C1)[C@@H](N)c1ccccc1. The first-order valence-corrected chi connectivity index (χ1v) is 8.42. The molecule has 0 bridgehead atoms. The molecule has 1 heterocycles. The number of carbonyl (C=O) groups excluding carboxylic acids is 1. The fraction of sp³-hybridized carbons (Fsp3) is 0.350. The molecule has 2 N–H and O–H groups in total. The van der Waals surface area contributed by atoms with Gasteiger partial charge in [-0.1, -0.05) is 67.6 Å². The minimum Gasteiger partial charge on any atom is -0.370 e. The average molecular weight is 324 g/mol. The van der Waals surface area contributed by atoms with Crippen LogP contribution in [0.2, 0.25) is 0 Å². The van der Waals surface area contributed by atoms with Gasteiger partial charge >= 0.3 is 0 Å². The van der Waals surface area contributed by atoms with E-state index in [1.807, 2.05) is 72.5 Å². The Morgan fingerprint density at radius 1 is 1.12 bits per heavy atom. The van der Waals surface area contributed by atoms with Crippen LogP contribution >= 0.6 is 0 Å². The van der Waals surface area contributed by atoms with Crippen LogP contribution in [0.5, 0.6) is 0 Å². The van der Waals surface area contributed by atoms with E-state index in [4.69, 9.17) is 10.5 Å². The van der Waals surface area contributed by atoms with Gasteiger partial charge in [-0.15, -0.1) is 0 Å². The van der Waals surface area contributed by atoms with Crippen LogP contribution in [0, 0.1) is 5.92 Å². The number of benzene rings is 2. The van der Waals surface area contributed by atoms with Gasteiger partial charge in [-0.25, -0.2) is 0 Å². The largest absolute Gasteiger partial charge is 0.370 e. The molecule has 2 aromatic carbocycles. The third-order valence-corrected chi connectivity index (χ3v) is 4.66. The fourth-order valence-corrected chi connectivity index (χ4v) is 3.12. The summed E-state index contributed by atoms with van der Waals surface area (Å²) in [6.07, 6.45) is -0.0657. The number of ether oxygens (including phenoxy) is 1. The molecule has 1 amide bonds. The van der Waals surface area contributed by atoms with Crippen LogP contribution in [0.3, 0.4) is 0 Å². The molecule has 3 rings (SSSR count). The van der Waals surface area contributed by atoms with Crippen LogP contribution in [0.25, 0.3) is 0 Å². The summed E-state index contributed by atoms with van der Waals surface area (Å²) in [5.74, 6) is -0.169. The molecule has 4 nitrogen and oxygen atoms in total. The van der Waals surface area contributed by atoms with E-state index in [0.717, 1.165) is 11.1 Å². The van der Waals surface area contributed by atoms with Crippen molar-refractivity contribution in [3.05, 3.63) is 71.8 Å². The lowest BCUT2D eigenvalue weighted by atomic mass is 9.93. The first kappa shape index (κ1) is 16.7. The van der Waals surface area contributed by atoms with Crippen molar-refractivity contribution >= 4 is 5.91 Å². The predicted molar refractivity (Wildman–Crippen MR) is 94.2 cm³/mol. The van der Waals surface area contributed by atoms with Crippen LogP contribution in [0.15, 0.2) is 60.7 Å². The Labute approximate surface area is 143 Å². The summed E-state index contributed by atoms with van der Waals surface area (Å²) in [6.45, 7) is 3.66. The van der Waals surface area contributed by atoms with Crippen molar-refractivity contribution in [2.75, 3.05) is 19.7 Å². The van der Waals surface area contributed by atoms with E-state index in [0.29, 0.717) is 19.7 Å². The summed E-state index contributed by atoms with van der Waals surface area (Å²) in [5, 5.41) is 0. The third-order valence-electron chi connectivity index (χ3n) is 4.66. The van der Waals surface area contributed by atoms with Gasteiger partial charge in [-0.05, 0) is 11.1 Å². The summed E-state index contributed by atoms with van der Waals surface area (Å²) in [4.78, 5) is 14.8. The Morgan fingerprint density at radius 3 is 2.42 bits per heavy atom. The van der Waals surface area contributed by atoms with Crippen LogP contribution in [-0.4, -0.2) is 30.5 Å². The van der Waals surface area contributed by atoms with Gasteiger partial charge in [-0.3, -0.25) is 4.79 Å². The van der Waals surface area contributed by atoms with Gasteiger partial charge in [0.2, 0.25) is 5.91 Å². The molecule has 0 saturated carbocycles. The molecule has 0 spiro atoms.